The van der Waals surface area contributed by atoms with E-state index in [4.69, 9.17) is 0 Å². The minimum absolute atomic E-state index is 1.09. The van der Waals surface area contributed by atoms with Gasteiger partial charge in [0.1, 0.15) is 0 Å². The van der Waals surface area contributed by atoms with Crippen molar-refractivity contribution < 1.29 is 0 Å². The third-order valence-corrected chi connectivity index (χ3v) is 8.34. The molecule has 3 nitrogen and oxygen atoms in total. The molecule has 3 heteroatoms. The quantitative estimate of drug-likeness (QED) is 0.382. The maximum atomic E-state index is 3.89. The first-order valence-electron chi connectivity index (χ1n) is 13.2. The number of para-hydroxylation sites is 1. The van der Waals surface area contributed by atoms with Gasteiger partial charge in [0.05, 0.1) is 28.1 Å². The number of fused-ring (bicyclic) bond motifs is 9. The van der Waals surface area contributed by atoms with Gasteiger partial charge in [0.25, 0.3) is 0 Å². The summed E-state index contributed by atoms with van der Waals surface area (Å²) in [6, 6.07) is 11.0. The largest absolute Gasteiger partial charge is 0.353 e. The molecule has 4 aromatic rings. The number of nitrogens with one attached hydrogen (secondary N) is 1. The Morgan fingerprint density at radius 3 is 2.43 bits per heavy atom. The van der Waals surface area contributed by atoms with Crippen LogP contribution in [-0.4, -0.2) is 14.1 Å². The van der Waals surface area contributed by atoms with Crippen LogP contribution in [0.2, 0.25) is 0 Å². The number of aryl methyl sites for hydroxylation is 2. The summed E-state index contributed by atoms with van der Waals surface area (Å²) in [6.07, 6.45) is 25.4. The van der Waals surface area contributed by atoms with Gasteiger partial charge in [-0.1, -0.05) is 48.6 Å². The zero-order valence-electron chi connectivity index (χ0n) is 20.0. The van der Waals surface area contributed by atoms with Gasteiger partial charge in [0.2, 0.25) is 0 Å². The van der Waals surface area contributed by atoms with E-state index in [1.54, 1.807) is 0 Å². The average Bonchev–Trinajstić information content (AvgIpc) is 3.57. The first kappa shape index (κ1) is 19.6. The van der Waals surface area contributed by atoms with E-state index in [1.165, 1.54) is 66.8 Å². The predicted molar refractivity (Wildman–Crippen MR) is 146 cm³/mol. The third-order valence-electron chi connectivity index (χ3n) is 8.34. The van der Waals surface area contributed by atoms with Crippen molar-refractivity contribution in [2.75, 3.05) is 0 Å². The van der Waals surface area contributed by atoms with E-state index in [0.29, 0.717) is 0 Å². The zero-order chi connectivity index (χ0) is 22.9. The molecule has 8 rings (SSSR count). The fraction of sp³-hybridized carbons (Fsp3) is 0.250. The third kappa shape index (κ3) is 2.67. The lowest BCUT2D eigenvalue weighted by molar-refractivity contribution is 0.897. The summed E-state index contributed by atoms with van der Waals surface area (Å²) >= 11 is 0. The van der Waals surface area contributed by atoms with Crippen molar-refractivity contribution in [3.8, 4) is 17.1 Å². The van der Waals surface area contributed by atoms with Crippen molar-refractivity contribution in [3.05, 3.63) is 87.6 Å². The number of H-pyrrole nitrogens is 1. The van der Waals surface area contributed by atoms with Crippen LogP contribution in [0.4, 0.5) is 0 Å². The number of hydrogen-bond donors (Lipinski definition) is 1. The number of aromatic amines is 1. The van der Waals surface area contributed by atoms with Gasteiger partial charge in [-0.25, -0.2) is 0 Å². The molecule has 0 aliphatic heterocycles. The molecule has 0 amide bonds. The van der Waals surface area contributed by atoms with Crippen molar-refractivity contribution >= 4 is 35.0 Å². The molecule has 0 saturated carbocycles. The first-order chi connectivity index (χ1) is 17.4. The van der Waals surface area contributed by atoms with Gasteiger partial charge < -0.3 is 14.1 Å². The highest BCUT2D eigenvalue weighted by molar-refractivity contribution is 6.00. The van der Waals surface area contributed by atoms with E-state index < -0.39 is 0 Å². The van der Waals surface area contributed by atoms with E-state index in [9.17, 15) is 0 Å². The van der Waals surface area contributed by atoms with Crippen LogP contribution in [0.3, 0.4) is 0 Å². The topological polar surface area (TPSA) is 25.6 Å². The molecule has 172 valence electrons. The number of allylic oxidation sites excluding steroid dienone is 5. The second-order valence-electron chi connectivity index (χ2n) is 10.3. The van der Waals surface area contributed by atoms with Crippen LogP contribution < -0.4 is 10.6 Å². The van der Waals surface area contributed by atoms with E-state index in [-0.39, 0.29) is 0 Å². The Morgan fingerprint density at radius 1 is 0.714 bits per heavy atom. The molecule has 1 N–H and O–H groups in total. The summed E-state index contributed by atoms with van der Waals surface area (Å²) in [4.78, 5) is 3.89. The molecule has 0 atom stereocenters. The fourth-order valence-corrected chi connectivity index (χ4v) is 6.89. The summed E-state index contributed by atoms with van der Waals surface area (Å²) in [5, 5.41) is 2.78. The SMILES string of the molecule is C1=CCCC(n2c3c(c4c2c2c(n4-c4ccccc4)-c4[nH]c5c(c4CC2)=CCCC=5)CCC=C3)=C1. The Balaban J connectivity index is 1.56. The van der Waals surface area contributed by atoms with Crippen LogP contribution in [-0.2, 0) is 19.3 Å². The van der Waals surface area contributed by atoms with Gasteiger partial charge in [-0.2, -0.15) is 0 Å². The highest BCUT2D eigenvalue weighted by Crippen LogP contribution is 2.46. The van der Waals surface area contributed by atoms with Gasteiger partial charge in [-0.05, 0) is 86.4 Å². The molecule has 0 radical (unpaired) electrons. The Bertz CT molecular complexity index is 1730. The average molecular weight is 456 g/mol. The Labute approximate surface area is 205 Å². The number of aromatic nitrogens is 3. The summed E-state index contributed by atoms with van der Waals surface area (Å²) in [6.45, 7) is 0. The van der Waals surface area contributed by atoms with E-state index in [1.807, 2.05) is 0 Å². The molecule has 3 heterocycles. The Kier molecular flexibility index (Phi) is 4.13. The van der Waals surface area contributed by atoms with Gasteiger partial charge in [0, 0.05) is 27.9 Å². The molecular weight excluding hydrogens is 426 g/mol. The summed E-state index contributed by atoms with van der Waals surface area (Å²) in [7, 11) is 0. The molecule has 0 bridgehead atoms. The maximum Gasteiger partial charge on any atom is 0.0760 e. The van der Waals surface area contributed by atoms with E-state index in [0.717, 1.165) is 51.4 Å². The Hall–Kier alpha value is -3.72. The fourth-order valence-electron chi connectivity index (χ4n) is 6.89. The van der Waals surface area contributed by atoms with Crippen molar-refractivity contribution in [3.63, 3.8) is 0 Å². The zero-order valence-corrected chi connectivity index (χ0v) is 20.0. The highest BCUT2D eigenvalue weighted by atomic mass is 15.1. The maximum absolute atomic E-state index is 3.89. The summed E-state index contributed by atoms with van der Waals surface area (Å²) in [5.74, 6) is 0. The lowest BCUT2D eigenvalue weighted by Gasteiger charge is -2.21. The lowest BCUT2D eigenvalue weighted by atomic mass is 9.93. The molecule has 35 heavy (non-hydrogen) atoms. The minimum Gasteiger partial charge on any atom is -0.353 e. The van der Waals surface area contributed by atoms with E-state index >= 15 is 0 Å². The van der Waals surface area contributed by atoms with Crippen molar-refractivity contribution in [1.82, 2.24) is 14.1 Å². The standard InChI is InChI=1S/C32H29N3/c1-3-11-21(12-4-1)34-28-18-10-8-16-25(28)31-32(34)26-20-19-24-23-15-7-9-17-27(23)33-29(24)30(26)35(31)22-13-5-2-6-14-22/h1-3,5-6,10-11,13-15,17-18,33H,4,7-9,12,16,19-20H2. The highest BCUT2D eigenvalue weighted by Gasteiger charge is 2.33. The molecule has 0 saturated heterocycles. The second kappa shape index (κ2) is 7.39. The van der Waals surface area contributed by atoms with Crippen molar-refractivity contribution in [2.45, 2.75) is 51.4 Å². The first-order valence-corrected chi connectivity index (χ1v) is 13.2. The van der Waals surface area contributed by atoms with Gasteiger partial charge in [0.15, 0.2) is 0 Å². The Morgan fingerprint density at radius 2 is 1.54 bits per heavy atom. The van der Waals surface area contributed by atoms with Crippen LogP contribution in [0.15, 0.2) is 54.6 Å². The van der Waals surface area contributed by atoms with Crippen LogP contribution in [0, 0.1) is 0 Å². The second-order valence-corrected chi connectivity index (χ2v) is 10.3. The molecular formula is C32H29N3. The van der Waals surface area contributed by atoms with Crippen molar-refractivity contribution in [2.24, 2.45) is 0 Å². The molecule has 0 unspecified atom stereocenters. The molecule has 0 fully saturated rings. The summed E-state index contributed by atoms with van der Waals surface area (Å²) in [5.41, 5.74) is 14.2. The number of hydrogen-bond acceptors (Lipinski definition) is 0. The number of nitrogens with zero attached hydrogens (tertiary/aromatic N) is 2. The minimum atomic E-state index is 1.09. The van der Waals surface area contributed by atoms with Crippen LogP contribution in [0.5, 0.6) is 0 Å². The molecule has 1 aromatic carbocycles. The predicted octanol–water partition coefficient (Wildman–Crippen LogP) is 6.03. The van der Waals surface area contributed by atoms with Crippen molar-refractivity contribution in [1.29, 1.82) is 0 Å². The molecule has 0 spiro atoms. The van der Waals surface area contributed by atoms with Crippen LogP contribution in [0.25, 0.3) is 52.0 Å². The van der Waals surface area contributed by atoms with Gasteiger partial charge >= 0.3 is 0 Å². The normalized spacial score (nSPS) is 17.8. The van der Waals surface area contributed by atoms with Crippen LogP contribution >= 0.6 is 0 Å². The molecule has 3 aromatic heterocycles. The molecule has 4 aliphatic carbocycles. The monoisotopic (exact) mass is 455 g/mol. The molecule has 4 aliphatic rings. The van der Waals surface area contributed by atoms with Crippen LogP contribution in [0.1, 0.15) is 54.5 Å². The van der Waals surface area contributed by atoms with E-state index in [2.05, 4.69) is 87.0 Å². The smallest absolute Gasteiger partial charge is 0.0760 e. The number of benzene rings is 1. The summed E-state index contributed by atoms with van der Waals surface area (Å²) < 4.78 is 5.21. The van der Waals surface area contributed by atoms with Gasteiger partial charge in [-0.15, -0.1) is 0 Å². The van der Waals surface area contributed by atoms with Gasteiger partial charge in [-0.3, -0.25) is 0 Å². The number of rotatable bonds is 2. The lowest BCUT2D eigenvalue weighted by Crippen LogP contribution is -2.27.